The molecule has 3 nitrogen and oxygen atoms in total. The molecule has 0 unspecified atom stereocenters. The number of para-hydroxylation sites is 1. The first kappa shape index (κ1) is 15.4. The summed E-state index contributed by atoms with van der Waals surface area (Å²) in [5, 5.41) is 9.73. The van der Waals surface area contributed by atoms with Crippen LogP contribution in [0.3, 0.4) is 0 Å². The Morgan fingerprint density at radius 1 is 1.14 bits per heavy atom. The molecule has 2 aromatic carbocycles. The van der Waals surface area contributed by atoms with E-state index in [1.165, 1.54) is 5.56 Å². The zero-order valence-electron chi connectivity index (χ0n) is 11.8. The number of aliphatic carboxylic acids is 1. The summed E-state index contributed by atoms with van der Waals surface area (Å²) in [6, 6.07) is 14.7. The quantitative estimate of drug-likeness (QED) is 0.878. The average Bonchev–Trinajstić information content (AvgIpc) is 2.49. The van der Waals surface area contributed by atoms with E-state index in [9.17, 15) is 9.90 Å². The first-order chi connectivity index (χ1) is 10.1. The Labute approximate surface area is 129 Å². The second-order valence-corrected chi connectivity index (χ2v) is 5.16. The molecule has 0 aliphatic carbocycles. The van der Waals surface area contributed by atoms with E-state index in [4.69, 9.17) is 16.3 Å². The van der Waals surface area contributed by atoms with Crippen LogP contribution < -0.4 is 4.74 Å². The molecule has 0 aliphatic rings. The molecule has 1 atom stereocenters. The fraction of sp³-hybridized carbons (Fsp3) is 0.235. The fourth-order valence-corrected chi connectivity index (χ4v) is 2.18. The predicted octanol–water partition coefficient (Wildman–Crippen LogP) is 3.98. The third kappa shape index (κ3) is 4.23. The SMILES string of the molecule is CCc1ccc(C[C@H](Oc2ccccc2Cl)C(=O)O)cc1. The van der Waals surface area contributed by atoms with Gasteiger partial charge in [0.2, 0.25) is 0 Å². The maximum absolute atomic E-state index is 11.4. The van der Waals surface area contributed by atoms with Crippen LogP contribution in [0, 0.1) is 0 Å². The smallest absolute Gasteiger partial charge is 0.345 e. The van der Waals surface area contributed by atoms with Crippen LogP contribution in [-0.2, 0) is 17.6 Å². The van der Waals surface area contributed by atoms with Crippen molar-refractivity contribution in [3.63, 3.8) is 0 Å². The van der Waals surface area contributed by atoms with E-state index < -0.39 is 12.1 Å². The maximum Gasteiger partial charge on any atom is 0.345 e. The third-order valence-electron chi connectivity index (χ3n) is 3.23. The number of benzene rings is 2. The largest absolute Gasteiger partial charge is 0.478 e. The van der Waals surface area contributed by atoms with Crippen LogP contribution in [0.25, 0.3) is 0 Å². The molecule has 0 saturated heterocycles. The zero-order chi connectivity index (χ0) is 15.2. The van der Waals surface area contributed by atoms with Crippen LogP contribution in [0.2, 0.25) is 5.02 Å². The minimum Gasteiger partial charge on any atom is -0.478 e. The van der Waals surface area contributed by atoms with Gasteiger partial charge in [-0.15, -0.1) is 0 Å². The zero-order valence-corrected chi connectivity index (χ0v) is 12.5. The Bertz CT molecular complexity index is 608. The average molecular weight is 305 g/mol. The van der Waals surface area contributed by atoms with Crippen molar-refractivity contribution >= 4 is 17.6 Å². The molecule has 0 aromatic heterocycles. The van der Waals surface area contributed by atoms with Gasteiger partial charge in [-0.2, -0.15) is 0 Å². The van der Waals surface area contributed by atoms with Crippen molar-refractivity contribution < 1.29 is 14.6 Å². The van der Waals surface area contributed by atoms with E-state index in [1.807, 2.05) is 24.3 Å². The van der Waals surface area contributed by atoms with Gasteiger partial charge in [0.15, 0.2) is 6.10 Å². The molecule has 0 fully saturated rings. The van der Waals surface area contributed by atoms with Gasteiger partial charge >= 0.3 is 5.97 Å². The molecule has 0 saturated carbocycles. The molecule has 0 aliphatic heterocycles. The molecule has 110 valence electrons. The number of carboxylic acids is 1. The van der Waals surface area contributed by atoms with Gasteiger partial charge in [-0.05, 0) is 29.7 Å². The minimum atomic E-state index is -1.01. The lowest BCUT2D eigenvalue weighted by molar-refractivity contribution is -0.145. The van der Waals surface area contributed by atoms with Crippen molar-refractivity contribution in [3.8, 4) is 5.75 Å². The highest BCUT2D eigenvalue weighted by Gasteiger charge is 2.21. The molecule has 0 radical (unpaired) electrons. The molecule has 2 aromatic rings. The highest BCUT2D eigenvalue weighted by Crippen LogP contribution is 2.25. The van der Waals surface area contributed by atoms with Crippen molar-refractivity contribution in [2.75, 3.05) is 0 Å². The molecular formula is C17H17ClO3. The molecule has 0 spiro atoms. The van der Waals surface area contributed by atoms with E-state index in [0.29, 0.717) is 17.2 Å². The molecule has 0 amide bonds. The van der Waals surface area contributed by atoms with Gasteiger partial charge in [-0.1, -0.05) is 54.9 Å². The van der Waals surface area contributed by atoms with Gasteiger partial charge in [0.1, 0.15) is 5.75 Å². The normalized spacial score (nSPS) is 11.9. The van der Waals surface area contributed by atoms with Gasteiger partial charge in [0.05, 0.1) is 5.02 Å². The van der Waals surface area contributed by atoms with Crippen LogP contribution in [0.5, 0.6) is 5.75 Å². The van der Waals surface area contributed by atoms with Gasteiger partial charge in [0, 0.05) is 6.42 Å². The number of rotatable bonds is 6. The first-order valence-electron chi connectivity index (χ1n) is 6.82. The molecule has 1 N–H and O–H groups in total. The Hall–Kier alpha value is -2.00. The van der Waals surface area contributed by atoms with E-state index in [2.05, 4.69) is 6.92 Å². The predicted molar refractivity (Wildman–Crippen MR) is 83.0 cm³/mol. The van der Waals surface area contributed by atoms with Crippen molar-refractivity contribution in [3.05, 3.63) is 64.7 Å². The summed E-state index contributed by atoms with van der Waals surface area (Å²) in [6.45, 7) is 2.08. The number of carbonyl (C=O) groups is 1. The topological polar surface area (TPSA) is 46.5 Å². The summed E-state index contributed by atoms with van der Waals surface area (Å²) in [5.74, 6) is -0.619. The lowest BCUT2D eigenvalue weighted by Crippen LogP contribution is -2.29. The van der Waals surface area contributed by atoms with Gasteiger partial charge in [-0.25, -0.2) is 4.79 Å². The van der Waals surface area contributed by atoms with Gasteiger partial charge < -0.3 is 9.84 Å². The van der Waals surface area contributed by atoms with E-state index in [1.54, 1.807) is 24.3 Å². The Morgan fingerprint density at radius 2 is 1.76 bits per heavy atom. The Morgan fingerprint density at radius 3 is 2.33 bits per heavy atom. The highest BCUT2D eigenvalue weighted by molar-refractivity contribution is 6.32. The molecule has 0 heterocycles. The number of aryl methyl sites for hydroxylation is 1. The summed E-state index contributed by atoms with van der Waals surface area (Å²) in [6.07, 6.45) is 0.293. The number of carboxylic acid groups (broad SMARTS) is 1. The second kappa shape index (κ2) is 7.14. The monoisotopic (exact) mass is 304 g/mol. The molecule has 21 heavy (non-hydrogen) atoms. The standard InChI is InChI=1S/C17H17ClO3/c1-2-12-7-9-13(10-8-12)11-16(17(19)20)21-15-6-4-3-5-14(15)18/h3-10,16H,2,11H2,1H3,(H,19,20)/t16-/m0/s1. The Balaban J connectivity index is 2.12. The third-order valence-corrected chi connectivity index (χ3v) is 3.55. The number of hydrogen-bond acceptors (Lipinski definition) is 2. The summed E-state index contributed by atoms with van der Waals surface area (Å²) in [4.78, 5) is 11.4. The van der Waals surface area contributed by atoms with E-state index in [-0.39, 0.29) is 0 Å². The summed E-state index contributed by atoms with van der Waals surface area (Å²) in [5.41, 5.74) is 2.14. The van der Waals surface area contributed by atoms with Crippen LogP contribution >= 0.6 is 11.6 Å². The van der Waals surface area contributed by atoms with Crippen LogP contribution in [-0.4, -0.2) is 17.2 Å². The number of halogens is 1. The first-order valence-corrected chi connectivity index (χ1v) is 7.19. The number of ether oxygens (including phenoxy) is 1. The van der Waals surface area contributed by atoms with Crippen LogP contribution in [0.15, 0.2) is 48.5 Å². The summed E-state index contributed by atoms with van der Waals surface area (Å²) < 4.78 is 5.54. The van der Waals surface area contributed by atoms with Gasteiger partial charge in [-0.3, -0.25) is 0 Å². The molecular weight excluding hydrogens is 288 g/mol. The number of hydrogen-bond donors (Lipinski definition) is 1. The van der Waals surface area contributed by atoms with Crippen molar-refractivity contribution in [2.45, 2.75) is 25.9 Å². The van der Waals surface area contributed by atoms with Crippen LogP contribution in [0.4, 0.5) is 0 Å². The lowest BCUT2D eigenvalue weighted by atomic mass is 10.0. The fourth-order valence-electron chi connectivity index (χ4n) is 2.00. The summed E-state index contributed by atoms with van der Waals surface area (Å²) in [7, 11) is 0. The van der Waals surface area contributed by atoms with Crippen molar-refractivity contribution in [1.29, 1.82) is 0 Å². The highest BCUT2D eigenvalue weighted by atomic mass is 35.5. The minimum absolute atomic E-state index is 0.296. The van der Waals surface area contributed by atoms with Crippen LogP contribution in [0.1, 0.15) is 18.1 Å². The second-order valence-electron chi connectivity index (χ2n) is 4.75. The van der Waals surface area contributed by atoms with Crippen molar-refractivity contribution in [2.24, 2.45) is 0 Å². The maximum atomic E-state index is 11.4. The Kier molecular flexibility index (Phi) is 5.23. The van der Waals surface area contributed by atoms with Gasteiger partial charge in [0.25, 0.3) is 0 Å². The molecule has 2 rings (SSSR count). The van der Waals surface area contributed by atoms with Crippen molar-refractivity contribution in [1.82, 2.24) is 0 Å². The lowest BCUT2D eigenvalue weighted by Gasteiger charge is -2.16. The molecule has 4 heteroatoms. The van der Waals surface area contributed by atoms with E-state index in [0.717, 1.165) is 12.0 Å². The summed E-state index contributed by atoms with van der Waals surface area (Å²) >= 11 is 6.00. The van der Waals surface area contributed by atoms with E-state index >= 15 is 0 Å². The molecule has 0 bridgehead atoms.